The van der Waals surface area contributed by atoms with E-state index in [1.165, 1.54) is 12.8 Å². The molecule has 2 unspecified atom stereocenters. The van der Waals surface area contributed by atoms with Crippen LogP contribution in [0.1, 0.15) is 56.0 Å². The number of ether oxygens (including phenoxy) is 1. The van der Waals surface area contributed by atoms with E-state index in [-0.39, 0.29) is 24.6 Å². The van der Waals surface area contributed by atoms with Crippen LogP contribution in [0, 0.1) is 0 Å². The highest BCUT2D eigenvalue weighted by molar-refractivity contribution is 5.85. The van der Waals surface area contributed by atoms with Gasteiger partial charge in [-0.25, -0.2) is 0 Å². The Hall–Kier alpha value is -0.650. The Bertz CT molecular complexity index is 346. The summed E-state index contributed by atoms with van der Waals surface area (Å²) in [7, 11) is 0. The fourth-order valence-corrected chi connectivity index (χ4v) is 2.36. The number of nitrogens with one attached hydrogen (secondary N) is 1. The minimum atomic E-state index is 0. The van der Waals surface area contributed by atoms with Crippen molar-refractivity contribution in [1.29, 1.82) is 0 Å². The monoisotopic (exact) mass is 259 g/mol. The van der Waals surface area contributed by atoms with E-state index < -0.39 is 0 Å². The number of halogens is 1. The molecule has 2 saturated heterocycles. The van der Waals surface area contributed by atoms with E-state index in [1.54, 1.807) is 0 Å². The number of hydrogen-bond acceptors (Lipinski definition) is 5. The molecule has 1 N–H and O–H groups in total. The summed E-state index contributed by atoms with van der Waals surface area (Å²) in [5.74, 6) is 1.45. The number of aromatic nitrogens is 2. The SMILES string of the molecule is C1CCC(c2nc(C3CCCO3)no2)NC1.Cl. The van der Waals surface area contributed by atoms with E-state index in [9.17, 15) is 0 Å². The molecule has 2 atom stereocenters. The van der Waals surface area contributed by atoms with Gasteiger partial charge >= 0.3 is 0 Å². The molecule has 0 aromatic carbocycles. The minimum absolute atomic E-state index is 0. The van der Waals surface area contributed by atoms with E-state index in [2.05, 4.69) is 15.5 Å². The summed E-state index contributed by atoms with van der Waals surface area (Å²) in [6.45, 7) is 1.86. The smallest absolute Gasteiger partial charge is 0.243 e. The molecule has 0 radical (unpaired) electrons. The van der Waals surface area contributed by atoms with Crippen molar-refractivity contribution in [2.75, 3.05) is 13.2 Å². The molecular formula is C11H18ClN3O2. The maximum absolute atomic E-state index is 5.53. The van der Waals surface area contributed by atoms with Gasteiger partial charge in [0.2, 0.25) is 11.7 Å². The Morgan fingerprint density at radius 1 is 1.18 bits per heavy atom. The molecule has 17 heavy (non-hydrogen) atoms. The fourth-order valence-electron chi connectivity index (χ4n) is 2.36. The zero-order chi connectivity index (χ0) is 10.8. The van der Waals surface area contributed by atoms with Crippen molar-refractivity contribution in [3.8, 4) is 0 Å². The first kappa shape index (κ1) is 12.8. The lowest BCUT2D eigenvalue weighted by molar-refractivity contribution is 0.103. The average Bonchev–Trinajstić information content (AvgIpc) is 3.01. The molecule has 96 valence electrons. The quantitative estimate of drug-likeness (QED) is 0.882. The molecule has 3 heterocycles. The van der Waals surface area contributed by atoms with E-state index in [0.29, 0.717) is 0 Å². The Labute approximate surface area is 107 Å². The fraction of sp³-hybridized carbons (Fsp3) is 0.818. The summed E-state index contributed by atoms with van der Waals surface area (Å²) in [6, 6.07) is 0.247. The minimum Gasteiger partial charge on any atom is -0.370 e. The van der Waals surface area contributed by atoms with Crippen LogP contribution in [0.25, 0.3) is 0 Å². The number of nitrogens with zero attached hydrogens (tertiary/aromatic N) is 2. The van der Waals surface area contributed by atoms with Gasteiger partial charge in [0.25, 0.3) is 0 Å². The summed E-state index contributed by atoms with van der Waals surface area (Å²) >= 11 is 0. The lowest BCUT2D eigenvalue weighted by Gasteiger charge is -2.19. The Morgan fingerprint density at radius 2 is 2.12 bits per heavy atom. The third-order valence-corrected chi connectivity index (χ3v) is 3.28. The molecule has 2 aliphatic heterocycles. The van der Waals surface area contributed by atoms with E-state index in [4.69, 9.17) is 9.26 Å². The third kappa shape index (κ3) is 2.78. The predicted molar refractivity (Wildman–Crippen MR) is 64.1 cm³/mol. The molecule has 5 nitrogen and oxygen atoms in total. The maximum Gasteiger partial charge on any atom is 0.243 e. The first-order valence-corrected chi connectivity index (χ1v) is 6.12. The van der Waals surface area contributed by atoms with Crippen LogP contribution in [-0.2, 0) is 4.74 Å². The summed E-state index contributed by atoms with van der Waals surface area (Å²) in [5.41, 5.74) is 0. The molecular weight excluding hydrogens is 242 g/mol. The molecule has 0 saturated carbocycles. The zero-order valence-electron chi connectivity index (χ0n) is 9.72. The van der Waals surface area contributed by atoms with Crippen molar-refractivity contribution >= 4 is 12.4 Å². The molecule has 2 fully saturated rings. The topological polar surface area (TPSA) is 60.2 Å². The second kappa shape index (κ2) is 5.80. The largest absolute Gasteiger partial charge is 0.370 e. The van der Waals surface area contributed by atoms with Crippen LogP contribution in [-0.4, -0.2) is 23.3 Å². The summed E-state index contributed by atoms with van der Waals surface area (Å²) in [4.78, 5) is 4.45. The van der Waals surface area contributed by atoms with Gasteiger partial charge in [-0.15, -0.1) is 12.4 Å². The van der Waals surface area contributed by atoms with Crippen LogP contribution in [0.3, 0.4) is 0 Å². The van der Waals surface area contributed by atoms with Gasteiger partial charge in [-0.2, -0.15) is 4.98 Å². The zero-order valence-corrected chi connectivity index (χ0v) is 10.5. The van der Waals surface area contributed by atoms with Crippen molar-refractivity contribution in [3.63, 3.8) is 0 Å². The van der Waals surface area contributed by atoms with Crippen molar-refractivity contribution in [3.05, 3.63) is 11.7 Å². The van der Waals surface area contributed by atoms with Crippen LogP contribution in [0.2, 0.25) is 0 Å². The summed E-state index contributed by atoms with van der Waals surface area (Å²) in [6.07, 6.45) is 5.72. The van der Waals surface area contributed by atoms with Crippen molar-refractivity contribution in [2.24, 2.45) is 0 Å². The standard InChI is InChI=1S/C11H17N3O2.ClH/c1-2-6-12-8(4-1)11-13-10(14-16-11)9-5-3-7-15-9;/h8-9,12H,1-7H2;1H. The first-order valence-electron chi connectivity index (χ1n) is 6.12. The van der Waals surface area contributed by atoms with E-state index in [0.717, 1.165) is 44.1 Å². The van der Waals surface area contributed by atoms with Crippen LogP contribution in [0.5, 0.6) is 0 Å². The molecule has 0 spiro atoms. The van der Waals surface area contributed by atoms with Gasteiger partial charge in [-0.05, 0) is 32.2 Å². The van der Waals surface area contributed by atoms with Gasteiger partial charge < -0.3 is 14.6 Å². The number of piperidine rings is 1. The highest BCUT2D eigenvalue weighted by Crippen LogP contribution is 2.28. The lowest BCUT2D eigenvalue weighted by atomic mass is 10.1. The molecule has 0 aliphatic carbocycles. The highest BCUT2D eigenvalue weighted by atomic mass is 35.5. The first-order chi connectivity index (χ1) is 7.93. The Morgan fingerprint density at radius 3 is 2.82 bits per heavy atom. The van der Waals surface area contributed by atoms with Crippen LogP contribution >= 0.6 is 12.4 Å². The maximum atomic E-state index is 5.53. The van der Waals surface area contributed by atoms with Crippen molar-refractivity contribution < 1.29 is 9.26 Å². The molecule has 0 bridgehead atoms. The average molecular weight is 260 g/mol. The van der Waals surface area contributed by atoms with Crippen molar-refractivity contribution in [1.82, 2.24) is 15.5 Å². The molecule has 6 heteroatoms. The van der Waals surface area contributed by atoms with Gasteiger partial charge in [0.15, 0.2) is 0 Å². The van der Waals surface area contributed by atoms with E-state index in [1.807, 2.05) is 0 Å². The summed E-state index contributed by atoms with van der Waals surface area (Å²) in [5, 5.41) is 7.42. The van der Waals surface area contributed by atoms with Crippen molar-refractivity contribution in [2.45, 2.75) is 44.2 Å². The molecule has 1 aromatic rings. The molecule has 3 rings (SSSR count). The third-order valence-electron chi connectivity index (χ3n) is 3.28. The van der Waals surface area contributed by atoms with Gasteiger partial charge in [0.1, 0.15) is 6.10 Å². The molecule has 2 aliphatic rings. The second-order valence-corrected chi connectivity index (χ2v) is 4.49. The second-order valence-electron chi connectivity index (χ2n) is 4.49. The number of hydrogen-bond donors (Lipinski definition) is 1. The predicted octanol–water partition coefficient (Wildman–Crippen LogP) is 2.16. The van der Waals surface area contributed by atoms with Crippen LogP contribution < -0.4 is 5.32 Å². The van der Waals surface area contributed by atoms with Gasteiger partial charge in [0, 0.05) is 6.61 Å². The highest BCUT2D eigenvalue weighted by Gasteiger charge is 2.26. The molecule has 0 amide bonds. The summed E-state index contributed by atoms with van der Waals surface area (Å²) < 4.78 is 10.8. The van der Waals surface area contributed by atoms with E-state index >= 15 is 0 Å². The Balaban J connectivity index is 0.00000108. The normalized spacial score (nSPS) is 28.9. The van der Waals surface area contributed by atoms with Gasteiger partial charge in [-0.1, -0.05) is 11.6 Å². The van der Waals surface area contributed by atoms with Crippen LogP contribution in [0.15, 0.2) is 4.52 Å². The van der Waals surface area contributed by atoms with Gasteiger partial charge in [-0.3, -0.25) is 0 Å². The number of rotatable bonds is 2. The Kier molecular flexibility index (Phi) is 4.36. The van der Waals surface area contributed by atoms with Gasteiger partial charge in [0.05, 0.1) is 6.04 Å². The lowest BCUT2D eigenvalue weighted by Crippen LogP contribution is -2.27. The molecule has 1 aromatic heterocycles. The van der Waals surface area contributed by atoms with Crippen LogP contribution in [0.4, 0.5) is 0 Å².